The number of aryl methyl sites for hydroxylation is 1. The van der Waals surface area contributed by atoms with Gasteiger partial charge in [-0.15, -0.1) is 0 Å². The van der Waals surface area contributed by atoms with Gasteiger partial charge in [-0.2, -0.15) is 0 Å². The molecule has 0 spiro atoms. The van der Waals surface area contributed by atoms with Gasteiger partial charge in [0.1, 0.15) is 11.3 Å². The highest BCUT2D eigenvalue weighted by Crippen LogP contribution is 2.27. The molecule has 4 aromatic rings. The molecule has 8 nitrogen and oxygen atoms in total. The fraction of sp³-hybridized carbons (Fsp3) is 0.0625. The molecular formula is C16H11N5O3. The summed E-state index contributed by atoms with van der Waals surface area (Å²) in [5.74, 6) is 0. The van der Waals surface area contributed by atoms with Crippen molar-refractivity contribution in [2.75, 3.05) is 0 Å². The molecule has 0 fully saturated rings. The molecule has 24 heavy (non-hydrogen) atoms. The van der Waals surface area contributed by atoms with Crippen LogP contribution in [-0.4, -0.2) is 24.4 Å². The first-order valence-corrected chi connectivity index (χ1v) is 7.13. The van der Waals surface area contributed by atoms with Crippen molar-refractivity contribution in [3.8, 4) is 11.3 Å². The smallest absolute Gasteiger partial charge is 0.275 e. The van der Waals surface area contributed by atoms with Crippen molar-refractivity contribution in [3.63, 3.8) is 0 Å². The van der Waals surface area contributed by atoms with Crippen LogP contribution in [0.2, 0.25) is 0 Å². The summed E-state index contributed by atoms with van der Waals surface area (Å²) in [7, 11) is 1.84. The van der Waals surface area contributed by atoms with Crippen LogP contribution in [0.1, 0.15) is 0 Å². The van der Waals surface area contributed by atoms with E-state index >= 15 is 0 Å². The lowest BCUT2D eigenvalue weighted by atomic mass is 10.1. The zero-order valence-corrected chi connectivity index (χ0v) is 12.6. The first-order chi connectivity index (χ1) is 11.5. The Morgan fingerprint density at radius 1 is 1.29 bits per heavy atom. The van der Waals surface area contributed by atoms with Crippen LogP contribution in [0.4, 0.5) is 5.69 Å². The molecule has 0 aliphatic rings. The summed E-state index contributed by atoms with van der Waals surface area (Å²) in [6.45, 7) is 0. The van der Waals surface area contributed by atoms with E-state index in [1.807, 2.05) is 17.7 Å². The lowest BCUT2D eigenvalue weighted by molar-refractivity contribution is -0.384. The number of nitrogens with one attached hydrogen (secondary N) is 1. The maximum absolute atomic E-state index is 12.5. The quantitative estimate of drug-likeness (QED) is 0.450. The Kier molecular flexibility index (Phi) is 2.92. The van der Waals surface area contributed by atoms with Crippen LogP contribution >= 0.6 is 0 Å². The van der Waals surface area contributed by atoms with Crippen molar-refractivity contribution in [2.24, 2.45) is 7.05 Å². The fourth-order valence-corrected chi connectivity index (χ4v) is 2.77. The number of pyridine rings is 1. The molecule has 0 unspecified atom stereocenters. The topological polar surface area (TPSA) is 107 Å². The second-order valence-electron chi connectivity index (χ2n) is 5.40. The number of fused-ring (bicyclic) bond motifs is 2. The lowest BCUT2D eigenvalue weighted by Gasteiger charge is -2.02. The van der Waals surface area contributed by atoms with Gasteiger partial charge in [0.2, 0.25) is 0 Å². The second kappa shape index (κ2) is 4.98. The number of nitro benzene ring substituents is 1. The Balaban J connectivity index is 2.00. The van der Waals surface area contributed by atoms with E-state index in [9.17, 15) is 14.9 Å². The highest BCUT2D eigenvalue weighted by molar-refractivity contribution is 5.93. The number of hydrogen-bond donors (Lipinski definition) is 1. The summed E-state index contributed by atoms with van der Waals surface area (Å²) in [6.07, 6.45) is 3.48. The van der Waals surface area contributed by atoms with Crippen LogP contribution in [-0.2, 0) is 7.05 Å². The van der Waals surface area contributed by atoms with E-state index < -0.39 is 10.5 Å². The molecule has 0 saturated heterocycles. The van der Waals surface area contributed by atoms with Gasteiger partial charge in [0.25, 0.3) is 11.2 Å². The second-order valence-corrected chi connectivity index (χ2v) is 5.40. The molecule has 0 radical (unpaired) electrons. The summed E-state index contributed by atoms with van der Waals surface area (Å²) in [4.78, 5) is 34.2. The highest BCUT2D eigenvalue weighted by Gasteiger charge is 2.15. The van der Waals surface area contributed by atoms with Crippen molar-refractivity contribution in [2.45, 2.75) is 0 Å². The Labute approximate surface area is 134 Å². The summed E-state index contributed by atoms with van der Waals surface area (Å²) in [5.41, 5.74) is 1.99. The van der Waals surface area contributed by atoms with Crippen LogP contribution in [0, 0.1) is 10.1 Å². The average molecular weight is 321 g/mol. The normalized spacial score (nSPS) is 11.2. The third-order valence-electron chi connectivity index (χ3n) is 3.88. The van der Waals surface area contributed by atoms with Gasteiger partial charge >= 0.3 is 0 Å². The van der Waals surface area contributed by atoms with Gasteiger partial charge in [-0.05, 0) is 18.2 Å². The molecule has 1 N–H and O–H groups in total. The van der Waals surface area contributed by atoms with Gasteiger partial charge in [-0.3, -0.25) is 14.9 Å². The first-order valence-electron chi connectivity index (χ1n) is 7.13. The molecule has 0 aliphatic heterocycles. The van der Waals surface area contributed by atoms with Crippen molar-refractivity contribution in [1.29, 1.82) is 0 Å². The molecule has 3 heterocycles. The van der Waals surface area contributed by atoms with E-state index in [-0.39, 0.29) is 11.4 Å². The van der Waals surface area contributed by atoms with Gasteiger partial charge in [0, 0.05) is 42.5 Å². The molecule has 0 atom stereocenters. The number of hydrogen-bond acceptors (Lipinski definition) is 5. The Hall–Kier alpha value is -3.55. The maximum Gasteiger partial charge on any atom is 0.275 e. The van der Waals surface area contributed by atoms with Gasteiger partial charge in [0.05, 0.1) is 16.0 Å². The first kappa shape index (κ1) is 14.1. The van der Waals surface area contributed by atoms with E-state index in [2.05, 4.69) is 15.0 Å². The molecule has 0 saturated carbocycles. The minimum Gasteiger partial charge on any atom is -0.335 e. The third-order valence-corrected chi connectivity index (χ3v) is 3.88. The molecule has 0 bridgehead atoms. The molecule has 118 valence electrons. The number of H-pyrrole nitrogens is 1. The van der Waals surface area contributed by atoms with Crippen molar-refractivity contribution < 1.29 is 4.92 Å². The van der Waals surface area contributed by atoms with Crippen molar-refractivity contribution in [1.82, 2.24) is 19.5 Å². The van der Waals surface area contributed by atoms with E-state index in [1.165, 1.54) is 18.2 Å². The number of benzene rings is 1. The van der Waals surface area contributed by atoms with E-state index in [4.69, 9.17) is 0 Å². The summed E-state index contributed by atoms with van der Waals surface area (Å²) >= 11 is 0. The van der Waals surface area contributed by atoms with Crippen molar-refractivity contribution >= 4 is 27.8 Å². The number of aromatic amines is 1. The van der Waals surface area contributed by atoms with Gasteiger partial charge in [-0.25, -0.2) is 9.97 Å². The van der Waals surface area contributed by atoms with Crippen LogP contribution in [0.3, 0.4) is 0 Å². The van der Waals surface area contributed by atoms with Crippen LogP contribution in [0.25, 0.3) is 33.3 Å². The Morgan fingerprint density at radius 2 is 2.12 bits per heavy atom. The molecule has 4 rings (SSSR count). The molecule has 3 aromatic heterocycles. The van der Waals surface area contributed by atoms with Gasteiger partial charge in [-0.1, -0.05) is 0 Å². The predicted octanol–water partition coefficient (Wildman–Crippen LogP) is 2.38. The number of rotatable bonds is 2. The molecule has 0 amide bonds. The highest BCUT2D eigenvalue weighted by atomic mass is 16.6. The number of nitro groups is 1. The summed E-state index contributed by atoms with van der Waals surface area (Å²) in [6, 6.07) is 7.86. The van der Waals surface area contributed by atoms with Gasteiger partial charge in [0.15, 0.2) is 0 Å². The Bertz CT molecular complexity index is 1180. The zero-order chi connectivity index (χ0) is 16.8. The molecule has 8 heteroatoms. The Morgan fingerprint density at radius 3 is 2.92 bits per heavy atom. The standard InChI is InChI=1S/C16H11N5O3/c1-20-8-11(10-3-2-6-17-15(10)20)14-16(22)19-13-7-9(21(23)24)4-5-12(13)18-14/h2-8H,1H3,(H,19,22). The number of nitrogens with zero attached hydrogens (tertiary/aromatic N) is 4. The average Bonchev–Trinajstić information content (AvgIpc) is 2.91. The van der Waals surface area contributed by atoms with E-state index in [0.717, 1.165) is 11.0 Å². The lowest BCUT2D eigenvalue weighted by Crippen LogP contribution is -2.11. The summed E-state index contributed by atoms with van der Waals surface area (Å²) in [5, 5.41) is 11.7. The fourth-order valence-electron chi connectivity index (χ4n) is 2.77. The third kappa shape index (κ3) is 2.04. The largest absolute Gasteiger partial charge is 0.335 e. The van der Waals surface area contributed by atoms with E-state index in [1.54, 1.807) is 18.5 Å². The molecular weight excluding hydrogens is 310 g/mol. The maximum atomic E-state index is 12.5. The zero-order valence-electron chi connectivity index (χ0n) is 12.6. The van der Waals surface area contributed by atoms with Crippen LogP contribution in [0.5, 0.6) is 0 Å². The predicted molar refractivity (Wildman–Crippen MR) is 88.7 cm³/mol. The van der Waals surface area contributed by atoms with Crippen LogP contribution < -0.4 is 5.56 Å². The number of non-ortho nitro benzene ring substituents is 1. The molecule has 1 aromatic carbocycles. The SMILES string of the molecule is Cn1cc(-c2nc3ccc([N+](=O)[O-])cc3[nH]c2=O)c2cccnc21. The minimum absolute atomic E-state index is 0.0953. The van der Waals surface area contributed by atoms with Crippen LogP contribution in [0.15, 0.2) is 47.5 Å². The number of aromatic nitrogens is 4. The van der Waals surface area contributed by atoms with E-state index in [0.29, 0.717) is 16.6 Å². The molecule has 0 aliphatic carbocycles. The summed E-state index contributed by atoms with van der Waals surface area (Å²) < 4.78 is 1.83. The minimum atomic E-state index is -0.512. The van der Waals surface area contributed by atoms with Crippen molar-refractivity contribution in [3.05, 3.63) is 63.2 Å². The monoisotopic (exact) mass is 321 g/mol. The van der Waals surface area contributed by atoms with Gasteiger partial charge < -0.3 is 9.55 Å².